The number of ether oxygens (including phenoxy) is 1. The van der Waals surface area contributed by atoms with E-state index in [-0.39, 0.29) is 28.2 Å². The second-order valence-corrected chi connectivity index (χ2v) is 6.88. The topological polar surface area (TPSA) is 35.2 Å². The standard InChI is InChI=1S/C15H21ClFNO/c1-14(2)8-10(15(3,4)19-14)13(18)9-5-6-11(16)12(17)7-9/h5-7,10,13H,8,18H2,1-4H3. The maximum absolute atomic E-state index is 13.6. The maximum atomic E-state index is 13.6. The minimum Gasteiger partial charge on any atom is -0.369 e. The van der Waals surface area contributed by atoms with Crippen molar-refractivity contribution in [1.82, 2.24) is 0 Å². The predicted octanol–water partition coefficient (Wildman–Crippen LogP) is 4.07. The van der Waals surface area contributed by atoms with E-state index >= 15 is 0 Å². The quantitative estimate of drug-likeness (QED) is 0.889. The van der Waals surface area contributed by atoms with Crippen LogP contribution in [0.4, 0.5) is 4.39 Å². The summed E-state index contributed by atoms with van der Waals surface area (Å²) >= 11 is 5.71. The van der Waals surface area contributed by atoms with Crippen LogP contribution in [0.5, 0.6) is 0 Å². The van der Waals surface area contributed by atoms with Crippen LogP contribution in [0.1, 0.15) is 45.7 Å². The predicted molar refractivity (Wildman–Crippen MR) is 75.7 cm³/mol. The summed E-state index contributed by atoms with van der Waals surface area (Å²) in [7, 11) is 0. The summed E-state index contributed by atoms with van der Waals surface area (Å²) in [6.45, 7) is 8.20. The third-order valence-electron chi connectivity index (χ3n) is 3.91. The van der Waals surface area contributed by atoms with Crippen LogP contribution in [0, 0.1) is 11.7 Å². The molecule has 2 N–H and O–H groups in total. The number of halogens is 2. The molecule has 0 spiro atoms. The van der Waals surface area contributed by atoms with Gasteiger partial charge in [0, 0.05) is 12.0 Å². The van der Waals surface area contributed by atoms with Gasteiger partial charge in [-0.2, -0.15) is 0 Å². The molecule has 0 aromatic heterocycles. The fourth-order valence-electron chi connectivity index (χ4n) is 3.12. The molecule has 2 nitrogen and oxygen atoms in total. The first-order valence-electron chi connectivity index (χ1n) is 6.53. The Morgan fingerprint density at radius 3 is 2.47 bits per heavy atom. The molecule has 1 aromatic rings. The summed E-state index contributed by atoms with van der Waals surface area (Å²) in [6.07, 6.45) is 0.853. The normalized spacial score (nSPS) is 26.4. The van der Waals surface area contributed by atoms with E-state index < -0.39 is 5.82 Å². The molecule has 0 radical (unpaired) electrons. The second-order valence-electron chi connectivity index (χ2n) is 6.48. The molecule has 4 heteroatoms. The van der Waals surface area contributed by atoms with Crippen molar-refractivity contribution in [3.63, 3.8) is 0 Å². The van der Waals surface area contributed by atoms with E-state index in [4.69, 9.17) is 22.1 Å². The van der Waals surface area contributed by atoms with Crippen LogP contribution in [-0.4, -0.2) is 11.2 Å². The Morgan fingerprint density at radius 1 is 1.37 bits per heavy atom. The van der Waals surface area contributed by atoms with Gasteiger partial charge in [0.1, 0.15) is 5.82 Å². The summed E-state index contributed by atoms with van der Waals surface area (Å²) in [6, 6.07) is 4.51. The van der Waals surface area contributed by atoms with Crippen molar-refractivity contribution in [1.29, 1.82) is 0 Å². The summed E-state index contributed by atoms with van der Waals surface area (Å²) in [5.41, 5.74) is 6.57. The van der Waals surface area contributed by atoms with Gasteiger partial charge in [0.2, 0.25) is 0 Å². The van der Waals surface area contributed by atoms with E-state index in [9.17, 15) is 4.39 Å². The Bertz CT molecular complexity index is 487. The van der Waals surface area contributed by atoms with Crippen LogP contribution in [0.15, 0.2) is 18.2 Å². The number of hydrogen-bond donors (Lipinski definition) is 1. The number of rotatable bonds is 2. The molecule has 2 rings (SSSR count). The van der Waals surface area contributed by atoms with Gasteiger partial charge in [-0.1, -0.05) is 17.7 Å². The molecule has 19 heavy (non-hydrogen) atoms. The highest BCUT2D eigenvalue weighted by atomic mass is 35.5. The average molecular weight is 286 g/mol. The first-order chi connectivity index (χ1) is 8.62. The van der Waals surface area contributed by atoms with Crippen molar-refractivity contribution in [3.8, 4) is 0 Å². The number of hydrogen-bond acceptors (Lipinski definition) is 2. The molecule has 2 unspecified atom stereocenters. The van der Waals surface area contributed by atoms with Crippen LogP contribution in [0.2, 0.25) is 5.02 Å². The number of benzene rings is 1. The van der Waals surface area contributed by atoms with Gasteiger partial charge in [-0.3, -0.25) is 0 Å². The van der Waals surface area contributed by atoms with Crippen molar-refractivity contribution in [2.75, 3.05) is 0 Å². The third kappa shape index (κ3) is 2.93. The Kier molecular flexibility index (Phi) is 3.67. The molecule has 0 saturated carbocycles. The molecule has 1 heterocycles. The van der Waals surface area contributed by atoms with Gasteiger partial charge in [-0.15, -0.1) is 0 Å². The van der Waals surface area contributed by atoms with E-state index in [2.05, 4.69) is 13.8 Å². The minimum atomic E-state index is -0.425. The van der Waals surface area contributed by atoms with Gasteiger partial charge in [0.15, 0.2) is 0 Å². The van der Waals surface area contributed by atoms with Gasteiger partial charge in [-0.25, -0.2) is 4.39 Å². The van der Waals surface area contributed by atoms with Gasteiger partial charge in [0.05, 0.1) is 16.2 Å². The molecular formula is C15H21ClFNO. The Labute approximate surface area is 119 Å². The van der Waals surface area contributed by atoms with Crippen molar-refractivity contribution in [3.05, 3.63) is 34.6 Å². The van der Waals surface area contributed by atoms with E-state index in [1.807, 2.05) is 13.8 Å². The first-order valence-corrected chi connectivity index (χ1v) is 6.91. The van der Waals surface area contributed by atoms with Gasteiger partial charge >= 0.3 is 0 Å². The lowest BCUT2D eigenvalue weighted by molar-refractivity contribution is -0.0767. The average Bonchev–Trinajstić information content (AvgIpc) is 2.49. The Balaban J connectivity index is 2.28. The molecule has 1 fully saturated rings. The van der Waals surface area contributed by atoms with Crippen molar-refractivity contribution >= 4 is 11.6 Å². The summed E-state index contributed by atoms with van der Waals surface area (Å²) < 4.78 is 19.6. The smallest absolute Gasteiger partial charge is 0.142 e. The second kappa shape index (κ2) is 4.72. The molecule has 1 saturated heterocycles. The molecular weight excluding hydrogens is 265 g/mol. The van der Waals surface area contributed by atoms with Crippen LogP contribution in [0.25, 0.3) is 0 Å². The molecule has 0 bridgehead atoms. The molecule has 1 aromatic carbocycles. The van der Waals surface area contributed by atoms with Crippen LogP contribution >= 0.6 is 11.6 Å². The molecule has 1 aliphatic rings. The lowest BCUT2D eigenvalue weighted by Crippen LogP contribution is -2.35. The van der Waals surface area contributed by atoms with E-state index in [0.29, 0.717) is 0 Å². The van der Waals surface area contributed by atoms with Crippen molar-refractivity contribution in [2.24, 2.45) is 11.7 Å². The van der Waals surface area contributed by atoms with Crippen LogP contribution < -0.4 is 5.73 Å². The maximum Gasteiger partial charge on any atom is 0.142 e. The highest BCUT2D eigenvalue weighted by molar-refractivity contribution is 6.30. The Morgan fingerprint density at radius 2 is 2.00 bits per heavy atom. The molecule has 106 valence electrons. The summed E-state index contributed by atoms with van der Waals surface area (Å²) in [5.74, 6) is -0.284. The highest BCUT2D eigenvalue weighted by Crippen LogP contribution is 2.46. The van der Waals surface area contributed by atoms with E-state index in [1.165, 1.54) is 6.07 Å². The van der Waals surface area contributed by atoms with Gasteiger partial charge in [-0.05, 0) is 51.8 Å². The monoisotopic (exact) mass is 285 g/mol. The molecule has 0 aliphatic carbocycles. The third-order valence-corrected chi connectivity index (χ3v) is 4.21. The summed E-state index contributed by atoms with van der Waals surface area (Å²) in [4.78, 5) is 0. The Hall–Kier alpha value is -0.640. The zero-order valence-corrected chi connectivity index (χ0v) is 12.6. The fraction of sp³-hybridized carbons (Fsp3) is 0.600. The molecule has 1 aliphatic heterocycles. The first kappa shape index (κ1) is 14.8. The zero-order chi connectivity index (χ0) is 14.4. The lowest BCUT2D eigenvalue weighted by atomic mass is 9.79. The molecule has 0 amide bonds. The fourth-order valence-corrected chi connectivity index (χ4v) is 3.23. The minimum absolute atomic E-state index is 0.123. The highest BCUT2D eigenvalue weighted by Gasteiger charge is 2.48. The largest absolute Gasteiger partial charge is 0.369 e. The molecule has 2 atom stereocenters. The van der Waals surface area contributed by atoms with Crippen LogP contribution in [0.3, 0.4) is 0 Å². The van der Waals surface area contributed by atoms with Gasteiger partial charge in [0.25, 0.3) is 0 Å². The summed E-state index contributed by atoms with van der Waals surface area (Å²) in [5, 5.41) is 0.123. The van der Waals surface area contributed by atoms with E-state index in [0.717, 1.165) is 12.0 Å². The van der Waals surface area contributed by atoms with Crippen LogP contribution in [-0.2, 0) is 4.74 Å². The SMILES string of the molecule is CC1(C)CC(C(N)c2ccc(Cl)c(F)c2)C(C)(C)O1. The lowest BCUT2D eigenvalue weighted by Gasteiger charge is -2.31. The zero-order valence-electron chi connectivity index (χ0n) is 11.8. The van der Waals surface area contributed by atoms with Gasteiger partial charge < -0.3 is 10.5 Å². The van der Waals surface area contributed by atoms with Crippen molar-refractivity contribution in [2.45, 2.75) is 51.4 Å². The van der Waals surface area contributed by atoms with Crippen molar-refractivity contribution < 1.29 is 9.13 Å². The van der Waals surface area contributed by atoms with E-state index in [1.54, 1.807) is 12.1 Å². The number of nitrogens with two attached hydrogens (primary N) is 1.